The Bertz CT molecular complexity index is 1680. The van der Waals surface area contributed by atoms with E-state index in [-0.39, 0.29) is 11.5 Å². The second-order valence-electron chi connectivity index (χ2n) is 7.77. The largest absolute Gasteiger partial charge is 0.465 e. The van der Waals surface area contributed by atoms with Crippen molar-refractivity contribution in [3.8, 4) is 5.82 Å². The molecule has 1 N–H and O–H groups in total. The van der Waals surface area contributed by atoms with Crippen molar-refractivity contribution < 1.29 is 23.5 Å². The molecule has 0 aromatic carbocycles. The Hall–Kier alpha value is -5.45. The topological polar surface area (TPSA) is 125 Å². The first-order valence-electron chi connectivity index (χ1n) is 11.5. The lowest BCUT2D eigenvalue weighted by Crippen LogP contribution is -2.04. The number of hydrogen-bond donors (Lipinski definition) is 1. The number of fused-ring (bicyclic) bond motifs is 2. The summed E-state index contributed by atoms with van der Waals surface area (Å²) in [6.45, 7) is 0. The Morgan fingerprint density at radius 1 is 0.769 bits per heavy atom. The van der Waals surface area contributed by atoms with Crippen LogP contribution in [0.25, 0.3) is 27.9 Å². The summed E-state index contributed by atoms with van der Waals surface area (Å²) >= 11 is 0. The van der Waals surface area contributed by atoms with E-state index in [4.69, 9.17) is 4.74 Å². The van der Waals surface area contributed by atoms with Gasteiger partial charge in [-0.05, 0) is 54.6 Å². The summed E-state index contributed by atoms with van der Waals surface area (Å²) in [5.41, 5.74) is 2.39. The van der Waals surface area contributed by atoms with Gasteiger partial charge in [0.15, 0.2) is 0 Å². The standard InChI is InChI=1S/C14H11N3O2.C7H6FNO2.C7H6N2/c1-19-14(18)11-4-7-15-12(9-11)17-8-5-10-3-2-6-16-13(10)17;1-11-7(10)5-2-3-9-6(8)4-5;1-2-6-3-5-9-7(6)8-4-1/h2-9H,1H3;2-4H,1H3;1-5H,(H,8,9). The van der Waals surface area contributed by atoms with E-state index in [1.807, 2.05) is 53.4 Å². The maximum atomic E-state index is 12.3. The van der Waals surface area contributed by atoms with Gasteiger partial charge in [0.05, 0.1) is 25.3 Å². The Labute approximate surface area is 222 Å². The lowest BCUT2D eigenvalue weighted by Gasteiger charge is -2.05. The van der Waals surface area contributed by atoms with Gasteiger partial charge in [-0.25, -0.2) is 29.5 Å². The Morgan fingerprint density at radius 2 is 1.44 bits per heavy atom. The van der Waals surface area contributed by atoms with E-state index in [1.165, 1.54) is 26.5 Å². The minimum absolute atomic E-state index is 0.167. The smallest absolute Gasteiger partial charge is 0.338 e. The molecule has 0 aliphatic rings. The Morgan fingerprint density at radius 3 is 2.13 bits per heavy atom. The molecular weight excluding hydrogens is 503 g/mol. The maximum Gasteiger partial charge on any atom is 0.338 e. The fourth-order valence-corrected chi connectivity index (χ4v) is 3.48. The number of carbonyl (C=O) groups is 2. The van der Waals surface area contributed by atoms with Crippen LogP contribution < -0.4 is 0 Å². The molecule has 0 aliphatic carbocycles. The molecule has 196 valence electrons. The van der Waals surface area contributed by atoms with Crippen LogP contribution in [-0.2, 0) is 9.47 Å². The van der Waals surface area contributed by atoms with E-state index in [0.717, 1.165) is 28.1 Å². The molecule has 11 heteroatoms. The quantitative estimate of drug-likeness (QED) is 0.258. The van der Waals surface area contributed by atoms with Crippen molar-refractivity contribution in [2.45, 2.75) is 0 Å². The molecule has 0 unspecified atom stereocenters. The van der Waals surface area contributed by atoms with Gasteiger partial charge < -0.3 is 14.5 Å². The van der Waals surface area contributed by atoms with Crippen LogP contribution in [0.5, 0.6) is 0 Å². The molecule has 0 spiro atoms. The zero-order valence-electron chi connectivity index (χ0n) is 21.0. The molecule has 6 heterocycles. The lowest BCUT2D eigenvalue weighted by atomic mass is 10.2. The van der Waals surface area contributed by atoms with Gasteiger partial charge in [-0.15, -0.1) is 0 Å². The number of methoxy groups -OCH3 is 2. The second-order valence-corrected chi connectivity index (χ2v) is 7.77. The SMILES string of the molecule is COC(=O)c1ccnc(-n2ccc3cccnc32)c1.COC(=O)c1ccnc(F)c1.c1cnc2[nH]ccc2c1. The Balaban J connectivity index is 0.000000149. The van der Waals surface area contributed by atoms with Crippen molar-refractivity contribution in [1.82, 2.24) is 29.5 Å². The zero-order valence-corrected chi connectivity index (χ0v) is 21.0. The lowest BCUT2D eigenvalue weighted by molar-refractivity contribution is 0.0591. The highest BCUT2D eigenvalue weighted by Crippen LogP contribution is 2.17. The summed E-state index contributed by atoms with van der Waals surface area (Å²) in [6.07, 6.45) is 10.1. The van der Waals surface area contributed by atoms with Crippen molar-refractivity contribution in [2.24, 2.45) is 0 Å². The van der Waals surface area contributed by atoms with Crippen LogP contribution in [0.1, 0.15) is 20.7 Å². The van der Waals surface area contributed by atoms with Gasteiger partial charge in [0.25, 0.3) is 0 Å². The normalized spacial score (nSPS) is 10.1. The molecule has 0 saturated carbocycles. The highest BCUT2D eigenvalue weighted by molar-refractivity contribution is 5.90. The van der Waals surface area contributed by atoms with E-state index >= 15 is 0 Å². The van der Waals surface area contributed by atoms with Gasteiger partial charge in [0.1, 0.15) is 17.1 Å². The third-order valence-corrected chi connectivity index (χ3v) is 5.33. The van der Waals surface area contributed by atoms with Gasteiger partial charge in [-0.3, -0.25) is 4.57 Å². The summed E-state index contributed by atoms with van der Waals surface area (Å²) in [5.74, 6) is -0.996. The first-order chi connectivity index (χ1) is 19.0. The molecule has 6 aromatic heterocycles. The van der Waals surface area contributed by atoms with E-state index in [9.17, 15) is 14.0 Å². The van der Waals surface area contributed by atoms with Crippen molar-refractivity contribution in [2.75, 3.05) is 14.2 Å². The molecule has 0 fully saturated rings. The van der Waals surface area contributed by atoms with E-state index in [0.29, 0.717) is 11.4 Å². The van der Waals surface area contributed by atoms with E-state index in [2.05, 4.69) is 29.7 Å². The third-order valence-electron chi connectivity index (χ3n) is 5.33. The van der Waals surface area contributed by atoms with E-state index < -0.39 is 11.9 Å². The third kappa shape index (κ3) is 6.66. The molecule has 6 rings (SSSR count). The van der Waals surface area contributed by atoms with Crippen LogP contribution in [0.15, 0.2) is 97.8 Å². The zero-order chi connectivity index (χ0) is 27.6. The number of aromatic amines is 1. The predicted octanol–water partition coefficient (Wildman–Crippen LogP) is 4.78. The van der Waals surface area contributed by atoms with Gasteiger partial charge in [0.2, 0.25) is 5.95 Å². The van der Waals surface area contributed by atoms with Gasteiger partial charge in [0, 0.05) is 54.0 Å². The molecular formula is C28H23FN6O4. The van der Waals surface area contributed by atoms with E-state index in [1.54, 1.807) is 30.7 Å². The number of ether oxygens (including phenoxy) is 2. The summed E-state index contributed by atoms with van der Waals surface area (Å²) in [5, 5.41) is 2.19. The number of pyridine rings is 4. The van der Waals surface area contributed by atoms with Crippen LogP contribution in [0.3, 0.4) is 0 Å². The molecule has 39 heavy (non-hydrogen) atoms. The van der Waals surface area contributed by atoms with Crippen LogP contribution in [0.4, 0.5) is 4.39 Å². The molecule has 10 nitrogen and oxygen atoms in total. The van der Waals surface area contributed by atoms with Gasteiger partial charge in [-0.1, -0.05) is 0 Å². The number of hydrogen-bond acceptors (Lipinski definition) is 8. The molecule has 0 radical (unpaired) electrons. The number of H-pyrrole nitrogens is 1. The minimum Gasteiger partial charge on any atom is -0.465 e. The summed E-state index contributed by atoms with van der Waals surface area (Å²) < 4.78 is 23.2. The second kappa shape index (κ2) is 12.7. The number of esters is 2. The number of aromatic nitrogens is 6. The van der Waals surface area contributed by atoms with Crippen LogP contribution in [0.2, 0.25) is 0 Å². The van der Waals surface area contributed by atoms with Crippen molar-refractivity contribution >= 4 is 34.0 Å². The first kappa shape index (κ1) is 26.6. The van der Waals surface area contributed by atoms with Crippen LogP contribution >= 0.6 is 0 Å². The molecule has 0 bridgehead atoms. The number of nitrogens with zero attached hydrogens (tertiary/aromatic N) is 5. The van der Waals surface area contributed by atoms with Gasteiger partial charge in [-0.2, -0.15) is 4.39 Å². The molecule has 6 aromatic rings. The monoisotopic (exact) mass is 526 g/mol. The first-order valence-corrected chi connectivity index (χ1v) is 11.5. The van der Waals surface area contributed by atoms with Crippen LogP contribution in [0, 0.1) is 5.95 Å². The summed E-state index contributed by atoms with van der Waals surface area (Å²) in [7, 11) is 2.59. The number of nitrogens with one attached hydrogen (secondary N) is 1. The highest BCUT2D eigenvalue weighted by Gasteiger charge is 2.10. The summed E-state index contributed by atoms with van der Waals surface area (Å²) in [6, 6.07) is 17.5. The van der Waals surface area contributed by atoms with Crippen molar-refractivity contribution in [1.29, 1.82) is 0 Å². The number of halogens is 1. The average molecular weight is 527 g/mol. The number of carbonyl (C=O) groups excluding carboxylic acids is 2. The Kier molecular flexibility index (Phi) is 8.65. The van der Waals surface area contributed by atoms with Crippen LogP contribution in [-0.4, -0.2) is 55.6 Å². The van der Waals surface area contributed by atoms with Crippen molar-refractivity contribution in [3.63, 3.8) is 0 Å². The average Bonchev–Trinajstić information content (AvgIpc) is 3.64. The molecule has 0 aliphatic heterocycles. The fraction of sp³-hybridized carbons (Fsp3) is 0.0714. The fourth-order valence-electron chi connectivity index (χ4n) is 3.48. The number of rotatable bonds is 3. The minimum atomic E-state index is -0.687. The molecule has 0 saturated heterocycles. The summed E-state index contributed by atoms with van der Waals surface area (Å²) in [4.78, 5) is 41.2. The predicted molar refractivity (Wildman–Crippen MR) is 142 cm³/mol. The highest BCUT2D eigenvalue weighted by atomic mass is 19.1. The maximum absolute atomic E-state index is 12.3. The van der Waals surface area contributed by atoms with Crippen molar-refractivity contribution in [3.05, 3.63) is 115 Å². The van der Waals surface area contributed by atoms with Gasteiger partial charge >= 0.3 is 11.9 Å². The molecule has 0 atom stereocenters. The molecule has 0 amide bonds.